The first-order valence-electron chi connectivity index (χ1n) is 12.7. The van der Waals surface area contributed by atoms with Crippen molar-refractivity contribution in [2.24, 2.45) is 0 Å². The Morgan fingerprint density at radius 2 is 1.43 bits per heavy atom. The summed E-state index contributed by atoms with van der Waals surface area (Å²) in [6.07, 6.45) is 2.13. The topological polar surface area (TPSA) is 34.2 Å². The summed E-state index contributed by atoms with van der Waals surface area (Å²) in [4.78, 5) is 5.02. The molecule has 0 spiro atoms. The smallest absolute Gasteiger partial charge is 0.128 e. The first kappa shape index (κ1) is 27.1. The molecule has 1 fully saturated rings. The van der Waals surface area contributed by atoms with Crippen molar-refractivity contribution in [2.45, 2.75) is 26.9 Å². The Bertz CT molecular complexity index is 1230. The Balaban J connectivity index is 1.44. The highest BCUT2D eigenvalue weighted by Crippen LogP contribution is 2.38. The van der Waals surface area contributed by atoms with Gasteiger partial charge in [-0.15, -0.1) is 0 Å². The molecule has 4 rings (SSSR count). The highest BCUT2D eigenvalue weighted by atomic mass is 35.5. The summed E-state index contributed by atoms with van der Waals surface area (Å²) in [7, 11) is 5.08. The van der Waals surface area contributed by atoms with Crippen molar-refractivity contribution in [2.75, 3.05) is 47.5 Å². The van der Waals surface area contributed by atoms with E-state index < -0.39 is 0 Å². The molecule has 5 nitrogen and oxygen atoms in total. The zero-order chi connectivity index (χ0) is 26.4. The standard InChI is InChI=1S/C31H37ClN2O3/c1-6-27(31-29(32)8-7-9-30(31)37-5)28-18-23(11-10-22(28)2)20-33-12-14-34(15-13-33)21-24-16-25(35-3)19-26(17-24)36-4/h6-11,16-19H,12-15,20-21H2,1-5H3/b27-6+. The number of ether oxygens (including phenoxy) is 3. The lowest BCUT2D eigenvalue weighted by Gasteiger charge is -2.35. The summed E-state index contributed by atoms with van der Waals surface area (Å²) in [6, 6.07) is 18.7. The van der Waals surface area contributed by atoms with Crippen LogP contribution in [0.5, 0.6) is 17.2 Å². The summed E-state index contributed by atoms with van der Waals surface area (Å²) < 4.78 is 16.5. The zero-order valence-corrected chi connectivity index (χ0v) is 23.3. The van der Waals surface area contributed by atoms with E-state index in [0.717, 1.165) is 67.7 Å². The van der Waals surface area contributed by atoms with Gasteiger partial charge in [0.2, 0.25) is 0 Å². The summed E-state index contributed by atoms with van der Waals surface area (Å²) in [5.41, 5.74) is 6.96. The van der Waals surface area contributed by atoms with E-state index in [4.69, 9.17) is 25.8 Å². The van der Waals surface area contributed by atoms with Crippen LogP contribution in [0.25, 0.3) is 5.57 Å². The van der Waals surface area contributed by atoms with E-state index >= 15 is 0 Å². The molecule has 0 saturated carbocycles. The van der Waals surface area contributed by atoms with Crippen LogP contribution in [-0.4, -0.2) is 57.3 Å². The predicted octanol–water partition coefficient (Wildman–Crippen LogP) is 6.44. The van der Waals surface area contributed by atoms with Crippen LogP contribution < -0.4 is 14.2 Å². The number of hydrogen-bond acceptors (Lipinski definition) is 5. The molecule has 0 aliphatic carbocycles. The molecular formula is C31H37ClN2O3. The second-order valence-electron chi connectivity index (χ2n) is 9.44. The summed E-state index contributed by atoms with van der Waals surface area (Å²) >= 11 is 6.64. The molecule has 0 aromatic heterocycles. The molecule has 37 heavy (non-hydrogen) atoms. The van der Waals surface area contributed by atoms with Gasteiger partial charge >= 0.3 is 0 Å². The molecule has 1 heterocycles. The van der Waals surface area contributed by atoms with E-state index in [-0.39, 0.29) is 0 Å². The molecule has 3 aromatic carbocycles. The van der Waals surface area contributed by atoms with E-state index in [2.05, 4.69) is 60.1 Å². The van der Waals surface area contributed by atoms with Gasteiger partial charge in [-0.3, -0.25) is 9.80 Å². The molecule has 0 unspecified atom stereocenters. The van der Waals surface area contributed by atoms with Crippen LogP contribution in [0.2, 0.25) is 5.02 Å². The van der Waals surface area contributed by atoms with Gasteiger partial charge in [-0.05, 0) is 72.0 Å². The third-order valence-electron chi connectivity index (χ3n) is 7.03. The van der Waals surface area contributed by atoms with Crippen LogP contribution in [0.15, 0.2) is 60.7 Å². The number of allylic oxidation sites excluding steroid dienone is 1. The number of aryl methyl sites for hydroxylation is 1. The van der Waals surface area contributed by atoms with Gasteiger partial charge in [-0.25, -0.2) is 0 Å². The van der Waals surface area contributed by atoms with Gasteiger partial charge in [-0.2, -0.15) is 0 Å². The maximum Gasteiger partial charge on any atom is 0.128 e. The lowest BCUT2D eigenvalue weighted by molar-refractivity contribution is 0.122. The quantitative estimate of drug-likeness (QED) is 0.324. The minimum absolute atomic E-state index is 0.696. The summed E-state index contributed by atoms with van der Waals surface area (Å²) in [6.45, 7) is 10.1. The van der Waals surface area contributed by atoms with Crippen molar-refractivity contribution in [3.05, 3.63) is 93.5 Å². The van der Waals surface area contributed by atoms with E-state index in [9.17, 15) is 0 Å². The second-order valence-corrected chi connectivity index (χ2v) is 9.85. The largest absolute Gasteiger partial charge is 0.497 e. The van der Waals surface area contributed by atoms with Crippen molar-refractivity contribution < 1.29 is 14.2 Å². The molecule has 3 aromatic rings. The van der Waals surface area contributed by atoms with Crippen LogP contribution in [0.3, 0.4) is 0 Å². The fourth-order valence-electron chi connectivity index (χ4n) is 5.01. The third kappa shape index (κ3) is 6.48. The fraction of sp³-hybridized carbons (Fsp3) is 0.355. The van der Waals surface area contributed by atoms with E-state index in [1.807, 2.05) is 24.3 Å². The first-order chi connectivity index (χ1) is 17.9. The Morgan fingerprint density at radius 1 is 0.811 bits per heavy atom. The number of hydrogen-bond donors (Lipinski definition) is 0. The maximum absolute atomic E-state index is 6.64. The van der Waals surface area contributed by atoms with Gasteiger partial charge in [0.1, 0.15) is 17.2 Å². The van der Waals surface area contributed by atoms with E-state index in [1.165, 1.54) is 22.3 Å². The van der Waals surface area contributed by atoms with Crippen molar-refractivity contribution >= 4 is 17.2 Å². The summed E-state index contributed by atoms with van der Waals surface area (Å²) in [5, 5.41) is 0.696. The molecule has 1 aliphatic rings. The van der Waals surface area contributed by atoms with Gasteiger partial charge in [0.05, 0.1) is 26.4 Å². The molecule has 0 amide bonds. The number of halogens is 1. The Kier molecular flexibility index (Phi) is 9.14. The molecule has 1 aliphatic heterocycles. The number of methoxy groups -OCH3 is 3. The minimum Gasteiger partial charge on any atom is -0.497 e. The molecule has 196 valence electrons. The Labute approximate surface area is 226 Å². The third-order valence-corrected chi connectivity index (χ3v) is 7.35. The number of benzene rings is 3. The van der Waals surface area contributed by atoms with Crippen LogP contribution >= 0.6 is 11.6 Å². The number of piperazine rings is 1. The van der Waals surface area contributed by atoms with Crippen LogP contribution in [0.1, 0.15) is 34.7 Å². The fourth-order valence-corrected chi connectivity index (χ4v) is 5.28. The molecular weight excluding hydrogens is 484 g/mol. The molecule has 6 heteroatoms. The first-order valence-corrected chi connectivity index (χ1v) is 13.1. The number of rotatable bonds is 9. The zero-order valence-electron chi connectivity index (χ0n) is 22.5. The molecule has 1 saturated heterocycles. The molecule has 0 radical (unpaired) electrons. The van der Waals surface area contributed by atoms with Gasteiger partial charge < -0.3 is 14.2 Å². The Hall–Kier alpha value is -2.99. The van der Waals surface area contributed by atoms with Gasteiger partial charge in [-0.1, -0.05) is 35.9 Å². The minimum atomic E-state index is 0.696. The van der Waals surface area contributed by atoms with Gasteiger partial charge in [0.15, 0.2) is 0 Å². The van der Waals surface area contributed by atoms with Crippen LogP contribution in [0, 0.1) is 6.92 Å². The van der Waals surface area contributed by atoms with Crippen LogP contribution in [-0.2, 0) is 13.1 Å². The molecule has 0 N–H and O–H groups in total. The van der Waals surface area contributed by atoms with Crippen molar-refractivity contribution in [3.63, 3.8) is 0 Å². The predicted molar refractivity (Wildman–Crippen MR) is 152 cm³/mol. The van der Waals surface area contributed by atoms with Crippen molar-refractivity contribution in [3.8, 4) is 17.2 Å². The normalized spacial score (nSPS) is 15.0. The number of nitrogens with zero attached hydrogens (tertiary/aromatic N) is 2. The van der Waals surface area contributed by atoms with Crippen molar-refractivity contribution in [1.82, 2.24) is 9.80 Å². The summed E-state index contributed by atoms with van der Waals surface area (Å²) in [5.74, 6) is 2.45. The van der Waals surface area contributed by atoms with Crippen molar-refractivity contribution in [1.29, 1.82) is 0 Å². The lowest BCUT2D eigenvalue weighted by atomic mass is 9.92. The molecule has 0 bridgehead atoms. The Morgan fingerprint density at radius 3 is 2.00 bits per heavy atom. The SMILES string of the molecule is C/C=C(\c1cc(CN2CCN(Cc3cc(OC)cc(OC)c3)CC2)ccc1C)c1c(Cl)cccc1OC. The lowest BCUT2D eigenvalue weighted by Crippen LogP contribution is -2.45. The highest BCUT2D eigenvalue weighted by molar-refractivity contribution is 6.33. The monoisotopic (exact) mass is 520 g/mol. The average molecular weight is 521 g/mol. The highest BCUT2D eigenvalue weighted by Gasteiger charge is 2.20. The van der Waals surface area contributed by atoms with E-state index in [1.54, 1.807) is 21.3 Å². The average Bonchev–Trinajstić information content (AvgIpc) is 2.92. The van der Waals surface area contributed by atoms with Gasteiger partial charge in [0.25, 0.3) is 0 Å². The molecule has 0 atom stereocenters. The van der Waals surface area contributed by atoms with Gasteiger partial charge in [0, 0.05) is 50.9 Å². The van der Waals surface area contributed by atoms with Crippen LogP contribution in [0.4, 0.5) is 0 Å². The second kappa shape index (κ2) is 12.5. The maximum atomic E-state index is 6.64. The van der Waals surface area contributed by atoms with E-state index in [0.29, 0.717) is 5.02 Å².